The van der Waals surface area contributed by atoms with E-state index in [0.717, 1.165) is 80.6 Å². The van der Waals surface area contributed by atoms with Crippen LogP contribution < -0.4 is 19.7 Å². The van der Waals surface area contributed by atoms with Crippen molar-refractivity contribution in [3.63, 3.8) is 0 Å². The molecule has 1 amide bonds. The molecule has 0 radical (unpaired) electrons. The Hall–Kier alpha value is -5.28. The highest BCUT2D eigenvalue weighted by Crippen LogP contribution is 2.39. The van der Waals surface area contributed by atoms with E-state index in [2.05, 4.69) is 60.1 Å². The van der Waals surface area contributed by atoms with Crippen molar-refractivity contribution in [2.75, 3.05) is 62.7 Å². The molecule has 15 heteroatoms. The summed E-state index contributed by atoms with van der Waals surface area (Å²) in [7, 11) is -4.42. The zero-order valence-electron chi connectivity index (χ0n) is 32.9. The lowest BCUT2D eigenvalue weighted by molar-refractivity contribution is 0.0699. The van der Waals surface area contributed by atoms with Crippen molar-refractivity contribution in [2.45, 2.75) is 43.4 Å². The third-order valence-electron chi connectivity index (χ3n) is 11.7. The fraction of sp³-hybridized carbons (Fsp3) is 0.364. The van der Waals surface area contributed by atoms with Gasteiger partial charge in [-0.3, -0.25) is 9.69 Å². The van der Waals surface area contributed by atoms with Crippen molar-refractivity contribution in [1.82, 2.24) is 19.6 Å². The van der Waals surface area contributed by atoms with Crippen molar-refractivity contribution < 1.29 is 22.7 Å². The predicted molar refractivity (Wildman–Crippen MR) is 231 cm³/mol. The zero-order chi connectivity index (χ0) is 40.9. The molecule has 3 aromatic carbocycles. The predicted octanol–water partition coefficient (Wildman–Crippen LogP) is 8.63. The highest BCUT2D eigenvalue weighted by atomic mass is 35.5. The highest BCUT2D eigenvalue weighted by molar-refractivity contribution is 7.90. The van der Waals surface area contributed by atoms with Crippen LogP contribution in [0.2, 0.25) is 5.02 Å². The summed E-state index contributed by atoms with van der Waals surface area (Å²) in [6.45, 7) is 8.40. The van der Waals surface area contributed by atoms with Crippen LogP contribution in [0.4, 0.5) is 17.1 Å². The topological polar surface area (TPSA) is 158 Å². The van der Waals surface area contributed by atoms with Gasteiger partial charge in [0.15, 0.2) is 0 Å². The van der Waals surface area contributed by atoms with Crippen LogP contribution in [0.1, 0.15) is 54.4 Å². The quantitative estimate of drug-likeness (QED) is 0.0775. The summed E-state index contributed by atoms with van der Waals surface area (Å²) in [6.07, 6.45) is 9.56. The first-order valence-electron chi connectivity index (χ1n) is 20.1. The van der Waals surface area contributed by atoms with Crippen LogP contribution in [-0.4, -0.2) is 81.7 Å². The molecule has 2 saturated heterocycles. The minimum atomic E-state index is -4.42. The molecule has 0 saturated carbocycles. The van der Waals surface area contributed by atoms with Crippen LogP contribution >= 0.6 is 11.6 Å². The number of anilines is 2. The van der Waals surface area contributed by atoms with Gasteiger partial charge in [0.25, 0.3) is 15.9 Å². The number of sulfonamides is 1. The number of carbonyl (C=O) groups is 1. The Labute approximate surface area is 349 Å². The molecular weight excluding hydrogens is 790 g/mol. The monoisotopic (exact) mass is 837 g/mol. The van der Waals surface area contributed by atoms with E-state index < -0.39 is 15.9 Å². The maximum atomic E-state index is 13.9. The maximum Gasteiger partial charge on any atom is 0.268 e. The molecule has 0 unspecified atom stereocenters. The summed E-state index contributed by atoms with van der Waals surface area (Å²) in [5.74, 6) is 0.957. The van der Waals surface area contributed by atoms with Crippen LogP contribution in [0.15, 0.2) is 107 Å². The minimum Gasteiger partial charge on any atom is -0.455 e. The van der Waals surface area contributed by atoms with Gasteiger partial charge in [-0.05, 0) is 116 Å². The van der Waals surface area contributed by atoms with Gasteiger partial charge in [0.1, 0.15) is 22.8 Å². The fourth-order valence-corrected chi connectivity index (χ4v) is 9.47. The largest absolute Gasteiger partial charge is 0.455 e. The SMILES string of the molecule is CC1=CC[C@H](CN2CCN(c3ccc(C(=O)NS(=O)(=O)c4ccc(NCC5CCOCC5)c(N=O)c4)c(Oc4cnc5[nH]ccc5c4)c3)CC2)[C@@H](c2ccc(Cl)cc2)C1. The number of aromatic amines is 1. The number of halogens is 1. The van der Waals surface area contributed by atoms with Crippen molar-refractivity contribution in [2.24, 2.45) is 17.0 Å². The summed E-state index contributed by atoms with van der Waals surface area (Å²) in [5.41, 5.74) is 4.64. The van der Waals surface area contributed by atoms with Gasteiger partial charge in [0, 0.05) is 80.8 Å². The van der Waals surface area contributed by atoms with Crippen LogP contribution in [0.25, 0.3) is 11.0 Å². The van der Waals surface area contributed by atoms with E-state index in [1.807, 2.05) is 24.3 Å². The van der Waals surface area contributed by atoms with Gasteiger partial charge in [-0.15, -0.1) is 4.91 Å². The molecule has 0 spiro atoms. The van der Waals surface area contributed by atoms with E-state index in [-0.39, 0.29) is 21.9 Å². The molecule has 5 aromatic rings. The van der Waals surface area contributed by atoms with Crippen LogP contribution in [-0.2, 0) is 14.8 Å². The van der Waals surface area contributed by atoms with Crippen molar-refractivity contribution in [3.05, 3.63) is 118 Å². The maximum absolute atomic E-state index is 13.9. The summed E-state index contributed by atoms with van der Waals surface area (Å²) < 4.78 is 41.2. The van der Waals surface area contributed by atoms with Gasteiger partial charge in [-0.1, -0.05) is 35.4 Å². The number of rotatable bonds is 13. The molecule has 8 rings (SSSR count). The number of nitrogens with one attached hydrogen (secondary N) is 3. The van der Waals surface area contributed by atoms with Gasteiger partial charge in [-0.25, -0.2) is 18.1 Å². The summed E-state index contributed by atoms with van der Waals surface area (Å²) >= 11 is 6.22. The lowest BCUT2D eigenvalue weighted by atomic mass is 9.75. The molecule has 2 aromatic heterocycles. The highest BCUT2D eigenvalue weighted by Gasteiger charge is 2.30. The number of carbonyl (C=O) groups excluding carboxylic acids is 1. The molecule has 2 atom stereocenters. The van der Waals surface area contributed by atoms with Gasteiger partial charge in [-0.2, -0.15) is 0 Å². The van der Waals surface area contributed by atoms with E-state index >= 15 is 0 Å². The number of hydrogen-bond donors (Lipinski definition) is 3. The van der Waals surface area contributed by atoms with E-state index in [9.17, 15) is 18.1 Å². The second kappa shape index (κ2) is 17.9. The number of aromatic nitrogens is 2. The molecule has 308 valence electrons. The Kier molecular flexibility index (Phi) is 12.3. The van der Waals surface area contributed by atoms with E-state index in [1.54, 1.807) is 30.6 Å². The minimum absolute atomic E-state index is 0.0162. The second-order valence-corrected chi connectivity index (χ2v) is 17.8. The Morgan fingerprint density at radius 1 is 1.02 bits per heavy atom. The average Bonchev–Trinajstić information content (AvgIpc) is 3.72. The first-order valence-corrected chi connectivity index (χ1v) is 22.0. The molecular formula is C44H48ClN7O6S. The number of nitrogens with zero attached hydrogens (tertiary/aromatic N) is 4. The first-order chi connectivity index (χ1) is 28.6. The molecule has 2 fully saturated rings. The Morgan fingerprint density at radius 2 is 1.81 bits per heavy atom. The molecule has 4 heterocycles. The third kappa shape index (κ3) is 9.62. The van der Waals surface area contributed by atoms with Crippen molar-refractivity contribution in [1.29, 1.82) is 0 Å². The van der Waals surface area contributed by atoms with Gasteiger partial charge in [0.2, 0.25) is 0 Å². The summed E-state index contributed by atoms with van der Waals surface area (Å²) in [6, 6.07) is 21.1. The number of piperazine rings is 1. The molecule has 59 heavy (non-hydrogen) atoms. The Morgan fingerprint density at radius 3 is 2.59 bits per heavy atom. The Balaban J connectivity index is 0.980. The third-order valence-corrected chi connectivity index (χ3v) is 13.3. The molecule has 13 nitrogen and oxygen atoms in total. The molecule has 0 bridgehead atoms. The number of nitroso groups, excluding NO2 is 1. The average molecular weight is 838 g/mol. The number of ether oxygens (including phenoxy) is 2. The summed E-state index contributed by atoms with van der Waals surface area (Å²) in [4.78, 5) is 37.7. The van der Waals surface area contributed by atoms with E-state index in [0.29, 0.717) is 54.6 Å². The first kappa shape index (κ1) is 40.5. The number of fused-ring (bicyclic) bond motifs is 1. The number of hydrogen-bond acceptors (Lipinski definition) is 11. The molecule has 1 aliphatic carbocycles. The number of benzene rings is 3. The number of H-pyrrole nitrogens is 1. The van der Waals surface area contributed by atoms with Crippen molar-refractivity contribution >= 4 is 55.6 Å². The lowest BCUT2D eigenvalue weighted by Crippen LogP contribution is -2.48. The van der Waals surface area contributed by atoms with Gasteiger partial charge >= 0.3 is 0 Å². The van der Waals surface area contributed by atoms with E-state index in [4.69, 9.17) is 21.1 Å². The second-order valence-electron chi connectivity index (χ2n) is 15.7. The van der Waals surface area contributed by atoms with Crippen LogP contribution in [0, 0.1) is 16.7 Å². The normalized spacial score (nSPS) is 19.3. The lowest BCUT2D eigenvalue weighted by Gasteiger charge is -2.40. The van der Waals surface area contributed by atoms with Crippen LogP contribution in [0.5, 0.6) is 11.5 Å². The molecule has 3 N–H and O–H groups in total. The molecule has 2 aliphatic heterocycles. The number of pyridine rings is 1. The van der Waals surface area contributed by atoms with Gasteiger partial charge in [0.05, 0.1) is 22.3 Å². The molecule has 3 aliphatic rings. The van der Waals surface area contributed by atoms with Crippen LogP contribution in [0.3, 0.4) is 0 Å². The van der Waals surface area contributed by atoms with Crippen molar-refractivity contribution in [3.8, 4) is 11.5 Å². The zero-order valence-corrected chi connectivity index (χ0v) is 34.5. The standard InChI is InChI=1S/C44H48ClN7O6S/c1-29-2-3-33(39(22-29)31-4-6-34(45)7-5-31)28-51-16-18-52(19-17-51)35-8-10-38(42(24-35)58-36-23-32-12-15-46-43(32)48-27-36)44(53)50-59(55,56)37-9-11-40(41(25-37)49-54)47-26-30-13-20-57-21-14-30/h2,4-12,15,23-25,27,30,33,39,47H,3,13-14,16-22,26,28H2,1H3,(H,46,48)(H,50,53)/t33-,39-/m1/s1. The Bertz CT molecular complexity index is 2440. The van der Waals surface area contributed by atoms with Gasteiger partial charge < -0.3 is 24.7 Å². The smallest absolute Gasteiger partial charge is 0.268 e. The summed E-state index contributed by atoms with van der Waals surface area (Å²) in [5, 5.41) is 7.86. The number of amides is 1. The number of allylic oxidation sites excluding steroid dienone is 2. The fourth-order valence-electron chi connectivity index (χ4n) is 8.36. The van der Waals surface area contributed by atoms with E-state index in [1.165, 1.54) is 23.3 Å².